The van der Waals surface area contributed by atoms with Crippen LogP contribution >= 0.6 is 11.8 Å². The average molecular weight is 365 g/mol. The number of nitrogens with one attached hydrogen (secondary N) is 2. The Morgan fingerprint density at radius 1 is 1.12 bits per heavy atom. The molecule has 3 rings (SSSR count). The molecule has 1 aliphatic carbocycles. The summed E-state index contributed by atoms with van der Waals surface area (Å²) in [5.41, 5.74) is 0.729. The molecule has 26 heavy (non-hydrogen) atoms. The fourth-order valence-corrected chi connectivity index (χ4v) is 4.19. The molecule has 0 spiro atoms. The minimum Gasteiger partial charge on any atom is -0.341 e. The number of benzene rings is 2. The van der Waals surface area contributed by atoms with Gasteiger partial charge in [-0.15, -0.1) is 0 Å². The molecule has 1 fully saturated rings. The van der Waals surface area contributed by atoms with Crippen LogP contribution in [0.4, 0.5) is 0 Å². The van der Waals surface area contributed by atoms with Crippen molar-refractivity contribution in [3.05, 3.63) is 71.8 Å². The molecule has 1 unspecified atom stereocenters. The molecule has 2 aromatic carbocycles. The van der Waals surface area contributed by atoms with Gasteiger partial charge >= 0.3 is 0 Å². The number of hydrogen-bond donors (Lipinski definition) is 2. The molecule has 0 heterocycles. The van der Waals surface area contributed by atoms with E-state index in [1.54, 1.807) is 36.0 Å². The van der Waals surface area contributed by atoms with Gasteiger partial charge in [0.15, 0.2) is 0 Å². The van der Waals surface area contributed by atoms with Crippen molar-refractivity contribution < 1.29 is 9.59 Å². The number of amides is 2. The van der Waals surface area contributed by atoms with Gasteiger partial charge in [0.25, 0.3) is 5.91 Å². The maximum atomic E-state index is 12.6. The van der Waals surface area contributed by atoms with Gasteiger partial charge in [0.05, 0.1) is 6.07 Å². The Bertz CT molecular complexity index is 820. The van der Waals surface area contributed by atoms with E-state index in [1.807, 2.05) is 42.5 Å². The Balaban J connectivity index is 1.69. The van der Waals surface area contributed by atoms with E-state index in [0.717, 1.165) is 5.75 Å². The fourth-order valence-electron chi connectivity index (χ4n) is 2.77. The minimum absolute atomic E-state index is 0.0194. The largest absolute Gasteiger partial charge is 0.341 e. The molecule has 6 heteroatoms. The van der Waals surface area contributed by atoms with Crippen LogP contribution in [-0.2, 0) is 10.5 Å². The van der Waals surface area contributed by atoms with E-state index in [4.69, 9.17) is 5.26 Å². The second kappa shape index (κ2) is 8.07. The predicted octanol–water partition coefficient (Wildman–Crippen LogP) is 2.50. The second-order valence-corrected chi connectivity index (χ2v) is 7.31. The first-order valence-electron chi connectivity index (χ1n) is 8.34. The van der Waals surface area contributed by atoms with Crippen LogP contribution in [0.25, 0.3) is 0 Å². The summed E-state index contributed by atoms with van der Waals surface area (Å²) < 4.78 is 0. The van der Waals surface area contributed by atoms with Crippen LogP contribution in [-0.4, -0.2) is 29.1 Å². The third-order valence-electron chi connectivity index (χ3n) is 4.30. The van der Waals surface area contributed by atoms with Crippen LogP contribution in [0.5, 0.6) is 0 Å². The molecular formula is C20H19N3O2S. The number of nitriles is 1. The molecule has 2 atom stereocenters. The Labute approximate surface area is 156 Å². The molecule has 2 aromatic rings. The zero-order valence-corrected chi connectivity index (χ0v) is 15.0. The predicted molar refractivity (Wildman–Crippen MR) is 101 cm³/mol. The van der Waals surface area contributed by atoms with Gasteiger partial charge in [-0.05, 0) is 24.1 Å². The lowest BCUT2D eigenvalue weighted by Gasteiger charge is -2.18. The number of hydrogen-bond acceptors (Lipinski definition) is 4. The minimum atomic E-state index is -0.955. The zero-order valence-electron chi connectivity index (χ0n) is 14.1. The van der Waals surface area contributed by atoms with E-state index in [-0.39, 0.29) is 23.6 Å². The summed E-state index contributed by atoms with van der Waals surface area (Å²) in [4.78, 5) is 25.1. The molecule has 1 aliphatic rings. The summed E-state index contributed by atoms with van der Waals surface area (Å²) in [6.07, 6.45) is 0.556. The van der Waals surface area contributed by atoms with Gasteiger partial charge in [0.1, 0.15) is 12.1 Å². The molecule has 1 saturated carbocycles. The van der Waals surface area contributed by atoms with Crippen molar-refractivity contribution >= 4 is 23.6 Å². The molecule has 0 saturated heterocycles. The van der Waals surface area contributed by atoms with Crippen LogP contribution in [0, 0.1) is 11.3 Å². The highest BCUT2D eigenvalue weighted by Crippen LogP contribution is 2.47. The molecular weight excluding hydrogens is 346 g/mol. The Morgan fingerprint density at radius 3 is 2.42 bits per heavy atom. The molecule has 2 amide bonds. The number of rotatable bonds is 7. The van der Waals surface area contributed by atoms with E-state index in [1.165, 1.54) is 5.56 Å². The van der Waals surface area contributed by atoms with Crippen LogP contribution in [0.1, 0.15) is 22.3 Å². The third-order valence-corrected chi connectivity index (χ3v) is 5.77. The van der Waals surface area contributed by atoms with Crippen LogP contribution < -0.4 is 10.6 Å². The van der Waals surface area contributed by atoms with Crippen LogP contribution in [0.3, 0.4) is 0 Å². The summed E-state index contributed by atoms with van der Waals surface area (Å²) in [7, 11) is 0. The summed E-state index contributed by atoms with van der Waals surface area (Å²) in [5.74, 6) is 0.189. The Hall–Kier alpha value is -2.78. The summed E-state index contributed by atoms with van der Waals surface area (Å²) in [6.45, 7) is -0.0716. The van der Waals surface area contributed by atoms with Crippen LogP contribution in [0.15, 0.2) is 60.7 Å². The average Bonchev–Trinajstić information content (AvgIpc) is 3.39. The lowest BCUT2D eigenvalue weighted by atomic mass is 10.1. The summed E-state index contributed by atoms with van der Waals surface area (Å²) in [5, 5.41) is 14.2. The molecule has 0 aliphatic heterocycles. The molecule has 132 valence electrons. The zero-order chi connectivity index (χ0) is 18.4. The number of carbonyl (C=O) groups excluding carboxylic acids is 2. The molecule has 0 radical (unpaired) electrons. The van der Waals surface area contributed by atoms with Crippen molar-refractivity contribution in [1.82, 2.24) is 10.6 Å². The first-order chi connectivity index (χ1) is 12.7. The van der Waals surface area contributed by atoms with E-state index in [2.05, 4.69) is 10.6 Å². The van der Waals surface area contributed by atoms with Crippen molar-refractivity contribution in [2.75, 3.05) is 6.54 Å². The topological polar surface area (TPSA) is 82.0 Å². The smallest absolute Gasteiger partial charge is 0.252 e. The molecule has 0 aromatic heterocycles. The first-order valence-corrected chi connectivity index (χ1v) is 9.39. The SMILES string of the molecule is N#CCNC(=O)C1(NC(=O)c2ccccc2)C[C@H]1SCc1ccccc1. The Kier molecular flexibility index (Phi) is 5.59. The quantitative estimate of drug-likeness (QED) is 0.739. The monoisotopic (exact) mass is 365 g/mol. The van der Waals surface area contributed by atoms with Crippen molar-refractivity contribution in [2.45, 2.75) is 23.0 Å². The van der Waals surface area contributed by atoms with E-state index in [9.17, 15) is 9.59 Å². The van der Waals surface area contributed by atoms with Crippen molar-refractivity contribution in [3.63, 3.8) is 0 Å². The highest BCUT2D eigenvalue weighted by Gasteiger charge is 2.61. The maximum absolute atomic E-state index is 12.6. The normalized spacial score (nSPS) is 20.7. The van der Waals surface area contributed by atoms with Gasteiger partial charge in [-0.2, -0.15) is 17.0 Å². The number of carbonyl (C=O) groups is 2. The van der Waals surface area contributed by atoms with Gasteiger partial charge in [-0.3, -0.25) is 9.59 Å². The number of thioether (sulfide) groups is 1. The van der Waals surface area contributed by atoms with Gasteiger partial charge < -0.3 is 10.6 Å². The highest BCUT2D eigenvalue weighted by molar-refractivity contribution is 7.99. The Morgan fingerprint density at radius 2 is 1.77 bits per heavy atom. The second-order valence-electron chi connectivity index (χ2n) is 6.12. The van der Waals surface area contributed by atoms with E-state index >= 15 is 0 Å². The molecule has 2 N–H and O–H groups in total. The van der Waals surface area contributed by atoms with E-state index in [0.29, 0.717) is 12.0 Å². The van der Waals surface area contributed by atoms with Crippen molar-refractivity contribution in [2.24, 2.45) is 0 Å². The molecule has 0 bridgehead atoms. The van der Waals surface area contributed by atoms with Crippen molar-refractivity contribution in [3.8, 4) is 6.07 Å². The lowest BCUT2D eigenvalue weighted by Crippen LogP contribution is -2.51. The maximum Gasteiger partial charge on any atom is 0.252 e. The van der Waals surface area contributed by atoms with Gasteiger partial charge in [-0.25, -0.2) is 0 Å². The molecule has 5 nitrogen and oxygen atoms in total. The van der Waals surface area contributed by atoms with Crippen LogP contribution in [0.2, 0.25) is 0 Å². The third kappa shape index (κ3) is 4.06. The highest BCUT2D eigenvalue weighted by atomic mass is 32.2. The van der Waals surface area contributed by atoms with Gasteiger partial charge in [0, 0.05) is 16.6 Å². The van der Waals surface area contributed by atoms with Gasteiger partial charge in [0.2, 0.25) is 5.91 Å². The summed E-state index contributed by atoms with van der Waals surface area (Å²) >= 11 is 1.64. The van der Waals surface area contributed by atoms with Crippen molar-refractivity contribution in [1.29, 1.82) is 5.26 Å². The summed E-state index contributed by atoms with van der Waals surface area (Å²) in [6, 6.07) is 20.7. The lowest BCUT2D eigenvalue weighted by molar-refractivity contribution is -0.123. The van der Waals surface area contributed by atoms with E-state index < -0.39 is 5.54 Å². The fraction of sp³-hybridized carbons (Fsp3) is 0.250. The number of nitrogens with zero attached hydrogens (tertiary/aromatic N) is 1. The first kappa shape index (κ1) is 18.0. The standard InChI is InChI=1S/C20H19N3O2S/c21-11-12-22-19(25)20(23-18(24)16-9-5-2-6-10-16)13-17(20)26-14-15-7-3-1-4-8-15/h1-10,17H,12-14H2,(H,22,25)(H,23,24)/t17-,20?/m1/s1. The van der Waals surface area contributed by atoms with Gasteiger partial charge in [-0.1, -0.05) is 48.5 Å².